The van der Waals surface area contributed by atoms with Crippen LogP contribution < -0.4 is 9.64 Å². The molecule has 1 fully saturated rings. The van der Waals surface area contributed by atoms with Crippen LogP contribution >= 0.6 is 0 Å². The van der Waals surface area contributed by atoms with Crippen molar-refractivity contribution < 1.29 is 19.4 Å². The first-order valence-electron chi connectivity index (χ1n) is 11.8. The van der Waals surface area contributed by atoms with Crippen LogP contribution in [-0.2, 0) is 9.53 Å². The molecule has 5 nitrogen and oxygen atoms in total. The zero-order chi connectivity index (χ0) is 22.8. The number of ether oxygens (including phenoxy) is 2. The monoisotopic (exact) mass is 437 g/mol. The maximum atomic E-state index is 11.6. The number of unbranched alkanes of at least 4 members (excludes halogenated alkanes) is 1. The second kappa shape index (κ2) is 12.3. The van der Waals surface area contributed by atoms with Crippen LogP contribution in [0, 0.1) is 0 Å². The summed E-state index contributed by atoms with van der Waals surface area (Å²) in [6, 6.07) is 14.4. The van der Waals surface area contributed by atoms with Crippen molar-refractivity contribution in [3.05, 3.63) is 53.6 Å². The van der Waals surface area contributed by atoms with Crippen LogP contribution in [-0.4, -0.2) is 44.0 Å². The van der Waals surface area contributed by atoms with Crippen molar-refractivity contribution in [2.45, 2.75) is 46.0 Å². The smallest absolute Gasteiger partial charge is 0.331 e. The first kappa shape index (κ1) is 23.9. The molecule has 0 aromatic heterocycles. The van der Waals surface area contributed by atoms with E-state index in [1.54, 1.807) is 0 Å². The molecule has 172 valence electrons. The third-order valence-corrected chi connectivity index (χ3v) is 5.79. The van der Waals surface area contributed by atoms with E-state index in [2.05, 4.69) is 30.0 Å². The number of carboxylic acid groups (broad SMARTS) is 1. The van der Waals surface area contributed by atoms with Crippen LogP contribution in [0.2, 0.25) is 0 Å². The summed E-state index contributed by atoms with van der Waals surface area (Å²) in [5.74, 6) is -0.0359. The first-order chi connectivity index (χ1) is 15.6. The molecule has 0 amide bonds. The van der Waals surface area contributed by atoms with Crippen molar-refractivity contribution >= 4 is 17.7 Å². The summed E-state index contributed by atoms with van der Waals surface area (Å²) >= 11 is 0. The lowest BCUT2D eigenvalue weighted by Gasteiger charge is -2.21. The van der Waals surface area contributed by atoms with Crippen LogP contribution in [0.3, 0.4) is 0 Å². The van der Waals surface area contributed by atoms with Crippen LogP contribution in [0.4, 0.5) is 5.69 Å². The predicted molar refractivity (Wildman–Crippen MR) is 130 cm³/mol. The molecule has 1 N–H and O–H groups in total. The molecule has 1 aliphatic heterocycles. The third kappa shape index (κ3) is 6.60. The van der Waals surface area contributed by atoms with E-state index < -0.39 is 5.97 Å². The molecule has 5 heteroatoms. The summed E-state index contributed by atoms with van der Waals surface area (Å²) in [5, 5.41) is 9.53. The van der Waals surface area contributed by atoms with E-state index in [1.807, 2.05) is 37.3 Å². The van der Waals surface area contributed by atoms with Crippen molar-refractivity contribution in [3.63, 3.8) is 0 Å². The molecule has 2 aromatic rings. The fourth-order valence-electron chi connectivity index (χ4n) is 3.91. The lowest BCUT2D eigenvalue weighted by atomic mass is 9.99. The van der Waals surface area contributed by atoms with Gasteiger partial charge >= 0.3 is 5.97 Å². The standard InChI is InChI=1S/C27H35NO4/c1-3-5-16-31-17-18-32-25-11-8-22(9-12-25)23-10-13-26(28-14-6-7-15-28)24(20-23)19-21(4-2)27(29)30/h8-13,19-20H,3-7,14-18H2,1-2H3,(H,29,30)/b21-19+. The molecule has 1 aliphatic rings. The average Bonchev–Trinajstić information content (AvgIpc) is 3.34. The molecule has 0 radical (unpaired) electrons. The Kier molecular flexibility index (Phi) is 9.17. The summed E-state index contributed by atoms with van der Waals surface area (Å²) in [6.07, 6.45) is 6.89. The molecule has 32 heavy (non-hydrogen) atoms. The zero-order valence-electron chi connectivity index (χ0n) is 19.3. The number of hydrogen-bond acceptors (Lipinski definition) is 4. The van der Waals surface area contributed by atoms with Gasteiger partial charge in [-0.3, -0.25) is 0 Å². The summed E-state index contributed by atoms with van der Waals surface area (Å²) < 4.78 is 11.3. The van der Waals surface area contributed by atoms with Crippen molar-refractivity contribution in [1.29, 1.82) is 0 Å². The molecule has 0 unspecified atom stereocenters. The first-order valence-corrected chi connectivity index (χ1v) is 11.8. The Labute approximate surface area is 191 Å². The van der Waals surface area contributed by atoms with Gasteiger partial charge in [0.2, 0.25) is 0 Å². The number of rotatable bonds is 12. The number of nitrogens with zero attached hydrogens (tertiary/aromatic N) is 1. The van der Waals surface area contributed by atoms with Gasteiger partial charge in [0.1, 0.15) is 12.4 Å². The van der Waals surface area contributed by atoms with Gasteiger partial charge < -0.3 is 19.5 Å². The van der Waals surface area contributed by atoms with Gasteiger partial charge in [-0.2, -0.15) is 0 Å². The molecule has 1 heterocycles. The van der Waals surface area contributed by atoms with E-state index in [-0.39, 0.29) is 0 Å². The van der Waals surface area contributed by atoms with E-state index in [1.165, 1.54) is 12.8 Å². The van der Waals surface area contributed by atoms with E-state index in [0.29, 0.717) is 25.2 Å². The maximum absolute atomic E-state index is 11.6. The van der Waals surface area contributed by atoms with Crippen LogP contribution in [0.15, 0.2) is 48.0 Å². The van der Waals surface area contributed by atoms with Gasteiger partial charge in [-0.05, 0) is 72.7 Å². The number of hydrogen-bond donors (Lipinski definition) is 1. The lowest BCUT2D eigenvalue weighted by Crippen LogP contribution is -2.18. The molecular weight excluding hydrogens is 402 g/mol. The Morgan fingerprint density at radius 3 is 2.38 bits per heavy atom. The lowest BCUT2D eigenvalue weighted by molar-refractivity contribution is -0.132. The zero-order valence-corrected chi connectivity index (χ0v) is 19.3. The predicted octanol–water partition coefficient (Wildman–Crippen LogP) is 6.03. The van der Waals surface area contributed by atoms with Gasteiger partial charge in [-0.15, -0.1) is 0 Å². The Morgan fingerprint density at radius 1 is 1.00 bits per heavy atom. The molecule has 0 spiro atoms. The molecular formula is C27H35NO4. The summed E-state index contributed by atoms with van der Waals surface area (Å²) in [7, 11) is 0. The Morgan fingerprint density at radius 2 is 1.72 bits per heavy atom. The number of aliphatic carboxylic acids is 1. The minimum absolute atomic E-state index is 0.424. The van der Waals surface area contributed by atoms with E-state index in [0.717, 1.165) is 60.7 Å². The van der Waals surface area contributed by atoms with E-state index >= 15 is 0 Å². The van der Waals surface area contributed by atoms with E-state index in [9.17, 15) is 9.90 Å². The van der Waals surface area contributed by atoms with Crippen molar-refractivity contribution in [2.24, 2.45) is 0 Å². The highest BCUT2D eigenvalue weighted by atomic mass is 16.5. The van der Waals surface area contributed by atoms with E-state index in [4.69, 9.17) is 9.47 Å². The third-order valence-electron chi connectivity index (χ3n) is 5.79. The second-order valence-corrected chi connectivity index (χ2v) is 8.13. The molecule has 0 atom stereocenters. The highest BCUT2D eigenvalue weighted by Crippen LogP contribution is 2.32. The summed E-state index contributed by atoms with van der Waals surface area (Å²) in [5.41, 5.74) is 4.64. The normalized spacial score (nSPS) is 14.1. The maximum Gasteiger partial charge on any atom is 0.331 e. The summed E-state index contributed by atoms with van der Waals surface area (Å²) in [4.78, 5) is 14.0. The fraction of sp³-hybridized carbons (Fsp3) is 0.444. The quantitative estimate of drug-likeness (QED) is 0.325. The minimum Gasteiger partial charge on any atom is -0.491 e. The van der Waals surface area contributed by atoms with Gasteiger partial charge in [0, 0.05) is 31.0 Å². The van der Waals surface area contributed by atoms with Crippen molar-refractivity contribution in [1.82, 2.24) is 0 Å². The van der Waals surface area contributed by atoms with Crippen molar-refractivity contribution in [3.8, 4) is 16.9 Å². The SMILES string of the molecule is CCCCOCCOc1ccc(-c2ccc(N3CCCC3)c(/C=C(\CC)C(=O)O)c2)cc1. The number of carbonyl (C=O) groups is 1. The Balaban J connectivity index is 1.76. The van der Waals surface area contributed by atoms with Crippen LogP contribution in [0.5, 0.6) is 5.75 Å². The fourth-order valence-corrected chi connectivity index (χ4v) is 3.91. The highest BCUT2D eigenvalue weighted by Gasteiger charge is 2.17. The second-order valence-electron chi connectivity index (χ2n) is 8.13. The van der Waals surface area contributed by atoms with Crippen LogP contribution in [0.1, 0.15) is 51.5 Å². The Bertz CT molecular complexity index is 898. The topological polar surface area (TPSA) is 59.0 Å². The molecule has 0 aliphatic carbocycles. The van der Waals surface area contributed by atoms with Crippen LogP contribution in [0.25, 0.3) is 17.2 Å². The molecule has 0 bridgehead atoms. The highest BCUT2D eigenvalue weighted by molar-refractivity contribution is 5.93. The largest absolute Gasteiger partial charge is 0.491 e. The van der Waals surface area contributed by atoms with Gasteiger partial charge in [0.15, 0.2) is 0 Å². The minimum atomic E-state index is -0.856. The summed E-state index contributed by atoms with van der Waals surface area (Å²) in [6.45, 7) is 7.98. The van der Waals surface area contributed by atoms with Gasteiger partial charge in [0.25, 0.3) is 0 Å². The molecule has 0 saturated carbocycles. The Hall–Kier alpha value is -2.79. The average molecular weight is 438 g/mol. The molecule has 1 saturated heterocycles. The molecule has 3 rings (SSSR count). The number of anilines is 1. The van der Waals surface area contributed by atoms with Gasteiger partial charge in [0.05, 0.1) is 6.61 Å². The van der Waals surface area contributed by atoms with Gasteiger partial charge in [-0.25, -0.2) is 4.79 Å². The number of carboxylic acids is 1. The van der Waals surface area contributed by atoms with Crippen molar-refractivity contribution in [2.75, 3.05) is 37.8 Å². The molecule has 2 aromatic carbocycles. The van der Waals surface area contributed by atoms with Gasteiger partial charge in [-0.1, -0.05) is 38.5 Å². The number of benzene rings is 2.